The number of carbonyl (C=O) groups is 1. The van der Waals surface area contributed by atoms with Crippen LogP contribution in [0.25, 0.3) is 11.6 Å². The minimum atomic E-state index is -1.15. The fraction of sp³-hybridized carbons (Fsp3) is 0.393. The molecule has 4 aliphatic carbocycles. The van der Waals surface area contributed by atoms with Crippen LogP contribution in [0.5, 0.6) is 0 Å². The Balaban J connectivity index is 1.51. The van der Waals surface area contributed by atoms with E-state index in [1.807, 2.05) is 12.1 Å². The third kappa shape index (κ3) is 3.05. The second-order valence-corrected chi connectivity index (χ2v) is 10.2. The van der Waals surface area contributed by atoms with Crippen LogP contribution in [0.15, 0.2) is 48.0 Å². The summed E-state index contributed by atoms with van der Waals surface area (Å²) in [5, 5.41) is 8.89. The number of halogens is 2. The molecular formula is C28H27F2NO2. The van der Waals surface area contributed by atoms with E-state index in [1.165, 1.54) is 34.9 Å². The van der Waals surface area contributed by atoms with Gasteiger partial charge in [0.25, 0.3) is 0 Å². The first-order valence-electron chi connectivity index (χ1n) is 11.9. The first kappa shape index (κ1) is 20.8. The largest absolute Gasteiger partial charge is 0.478 e. The number of rotatable bonds is 5. The molecule has 2 aromatic carbocycles. The number of benzene rings is 2. The summed E-state index contributed by atoms with van der Waals surface area (Å²) in [5.74, 6) is -1.58. The van der Waals surface area contributed by atoms with Crippen molar-refractivity contribution in [3.05, 3.63) is 81.9 Å². The quantitative estimate of drug-likeness (QED) is 0.559. The summed E-state index contributed by atoms with van der Waals surface area (Å²) >= 11 is 0. The highest BCUT2D eigenvalue weighted by Gasteiger charge is 2.63. The van der Waals surface area contributed by atoms with Gasteiger partial charge in [-0.05, 0) is 90.5 Å². The summed E-state index contributed by atoms with van der Waals surface area (Å²) < 4.78 is 31.3. The van der Waals surface area contributed by atoms with Gasteiger partial charge >= 0.3 is 5.97 Å². The second-order valence-electron chi connectivity index (χ2n) is 10.2. The van der Waals surface area contributed by atoms with Crippen LogP contribution in [0.2, 0.25) is 0 Å². The molecule has 3 saturated carbocycles. The van der Waals surface area contributed by atoms with Crippen molar-refractivity contribution in [1.82, 2.24) is 4.90 Å². The molecule has 33 heavy (non-hydrogen) atoms. The third-order valence-corrected chi connectivity index (χ3v) is 8.37. The van der Waals surface area contributed by atoms with Crippen molar-refractivity contribution in [1.29, 1.82) is 0 Å². The molecule has 0 spiro atoms. The number of carboxylic acid groups (broad SMARTS) is 1. The van der Waals surface area contributed by atoms with Gasteiger partial charge in [-0.1, -0.05) is 31.2 Å². The molecule has 0 aromatic heterocycles. The molecule has 0 amide bonds. The lowest BCUT2D eigenvalue weighted by molar-refractivity contribution is -0.176. The lowest BCUT2D eigenvalue weighted by atomic mass is 9.48. The van der Waals surface area contributed by atoms with E-state index in [2.05, 4.69) is 24.0 Å². The second kappa shape index (κ2) is 7.36. The van der Waals surface area contributed by atoms with E-state index in [1.54, 1.807) is 0 Å². The van der Waals surface area contributed by atoms with Gasteiger partial charge in [0.2, 0.25) is 0 Å². The monoisotopic (exact) mass is 447 g/mol. The van der Waals surface area contributed by atoms with E-state index in [4.69, 9.17) is 5.11 Å². The highest BCUT2D eigenvalue weighted by molar-refractivity contribution is 5.85. The Labute approximate surface area is 192 Å². The van der Waals surface area contributed by atoms with Crippen molar-refractivity contribution in [2.24, 2.45) is 5.92 Å². The average molecular weight is 448 g/mol. The van der Waals surface area contributed by atoms with Crippen LogP contribution >= 0.6 is 0 Å². The Kier molecular flexibility index (Phi) is 4.64. The molecule has 2 bridgehead atoms. The molecule has 2 aromatic rings. The summed E-state index contributed by atoms with van der Waals surface area (Å²) in [6, 6.07) is 10.7. The van der Waals surface area contributed by atoms with E-state index in [9.17, 15) is 4.79 Å². The number of nitrogens with zero attached hydrogens (tertiary/aromatic N) is 1. The van der Waals surface area contributed by atoms with Gasteiger partial charge in [-0.3, -0.25) is 4.90 Å². The molecule has 1 N–H and O–H groups in total. The molecule has 2 unspecified atom stereocenters. The van der Waals surface area contributed by atoms with Gasteiger partial charge in [-0.2, -0.15) is 0 Å². The van der Waals surface area contributed by atoms with Gasteiger partial charge in [-0.25, -0.2) is 13.6 Å². The minimum Gasteiger partial charge on any atom is -0.478 e. The van der Waals surface area contributed by atoms with Crippen molar-refractivity contribution in [3.63, 3.8) is 0 Å². The molecule has 5 heteroatoms. The number of hydrogen-bond donors (Lipinski definition) is 1. The zero-order chi connectivity index (χ0) is 22.9. The van der Waals surface area contributed by atoms with Crippen LogP contribution in [-0.4, -0.2) is 27.6 Å². The number of fused-ring (bicyclic) bond motifs is 2. The van der Waals surface area contributed by atoms with Crippen LogP contribution in [-0.2, 0) is 11.2 Å². The van der Waals surface area contributed by atoms with E-state index in [0.29, 0.717) is 0 Å². The highest BCUT2D eigenvalue weighted by atomic mass is 19.1. The van der Waals surface area contributed by atoms with Crippen molar-refractivity contribution in [2.45, 2.75) is 63.1 Å². The smallest absolute Gasteiger partial charge is 0.328 e. The summed E-state index contributed by atoms with van der Waals surface area (Å²) in [4.78, 5) is 13.3. The predicted octanol–water partition coefficient (Wildman–Crippen LogP) is 6.15. The van der Waals surface area contributed by atoms with Crippen LogP contribution in [0, 0.1) is 17.6 Å². The maximum absolute atomic E-state index is 15.7. The van der Waals surface area contributed by atoms with Gasteiger partial charge < -0.3 is 5.11 Å². The molecule has 0 saturated heterocycles. The Bertz CT molecular complexity index is 1190. The van der Waals surface area contributed by atoms with E-state index in [-0.39, 0.29) is 22.7 Å². The van der Waals surface area contributed by atoms with Crippen LogP contribution in [0.3, 0.4) is 0 Å². The normalized spacial score (nSPS) is 30.1. The fourth-order valence-electron chi connectivity index (χ4n) is 6.86. The van der Waals surface area contributed by atoms with Gasteiger partial charge in [0.15, 0.2) is 0 Å². The molecular weight excluding hydrogens is 420 g/mol. The van der Waals surface area contributed by atoms with Crippen molar-refractivity contribution < 1.29 is 18.7 Å². The Morgan fingerprint density at radius 1 is 1.18 bits per heavy atom. The Morgan fingerprint density at radius 3 is 2.48 bits per heavy atom. The van der Waals surface area contributed by atoms with Gasteiger partial charge in [-0.15, -0.1) is 0 Å². The van der Waals surface area contributed by atoms with Gasteiger partial charge in [0, 0.05) is 23.2 Å². The van der Waals surface area contributed by atoms with Crippen molar-refractivity contribution in [2.75, 3.05) is 0 Å². The van der Waals surface area contributed by atoms with Crippen LogP contribution < -0.4 is 0 Å². The maximum atomic E-state index is 15.7. The SMILES string of the molecule is CCC1CC2=C(Cc3ccccc32)C(c2c(F)cc(/C=C/C(=O)O)cc2F)N1C12CC(C1)C2. The molecule has 3 nitrogen and oxygen atoms in total. The molecule has 1 aliphatic heterocycles. The fourth-order valence-corrected chi connectivity index (χ4v) is 6.86. The van der Waals surface area contributed by atoms with Gasteiger partial charge in [0.05, 0.1) is 6.04 Å². The molecule has 3 fully saturated rings. The summed E-state index contributed by atoms with van der Waals surface area (Å²) in [5.41, 5.74) is 5.27. The summed E-state index contributed by atoms with van der Waals surface area (Å²) in [7, 11) is 0. The molecule has 7 rings (SSSR count). The molecule has 5 aliphatic rings. The van der Waals surface area contributed by atoms with Gasteiger partial charge in [0.1, 0.15) is 11.6 Å². The topological polar surface area (TPSA) is 40.5 Å². The standard InChI is InChI=1S/C28H27F2NO2/c1-2-19-12-21-20-6-4-3-5-18(20)11-22(21)27(31(19)28-13-17(14-28)15-28)26-23(29)9-16(10-24(26)30)7-8-25(32)33/h3-10,17,19,27H,2,11-15H2,1H3,(H,32,33)/b8-7+. The van der Waals surface area contributed by atoms with Crippen molar-refractivity contribution in [3.8, 4) is 0 Å². The zero-order valence-electron chi connectivity index (χ0n) is 18.7. The van der Waals surface area contributed by atoms with E-state index >= 15 is 8.78 Å². The van der Waals surface area contributed by atoms with E-state index < -0.39 is 23.6 Å². The first-order chi connectivity index (χ1) is 15.9. The van der Waals surface area contributed by atoms with Crippen LogP contribution in [0.1, 0.15) is 67.3 Å². The zero-order valence-corrected chi connectivity index (χ0v) is 18.7. The maximum Gasteiger partial charge on any atom is 0.328 e. The van der Waals surface area contributed by atoms with E-state index in [0.717, 1.165) is 56.1 Å². The third-order valence-electron chi connectivity index (χ3n) is 8.37. The summed E-state index contributed by atoms with van der Waals surface area (Å²) in [6.45, 7) is 2.18. The average Bonchev–Trinajstić information content (AvgIpc) is 3.08. The lowest BCUT2D eigenvalue weighted by Crippen LogP contribution is -2.71. The highest BCUT2D eigenvalue weighted by Crippen LogP contribution is 2.66. The number of carboxylic acids is 1. The Morgan fingerprint density at radius 2 is 1.88 bits per heavy atom. The molecule has 1 heterocycles. The summed E-state index contributed by atoms with van der Waals surface area (Å²) in [6.07, 6.45) is 8.10. The lowest BCUT2D eigenvalue weighted by Gasteiger charge is -2.70. The number of hydrogen-bond acceptors (Lipinski definition) is 2. The van der Waals surface area contributed by atoms with Crippen LogP contribution in [0.4, 0.5) is 8.78 Å². The van der Waals surface area contributed by atoms with Crippen molar-refractivity contribution >= 4 is 17.6 Å². The first-order valence-corrected chi connectivity index (χ1v) is 11.9. The number of aliphatic carboxylic acids is 1. The predicted molar refractivity (Wildman–Crippen MR) is 123 cm³/mol. The minimum absolute atomic E-state index is 0.0596. The molecule has 0 radical (unpaired) electrons. The molecule has 170 valence electrons. The molecule has 2 atom stereocenters. The Hall–Kier alpha value is -2.79.